The van der Waals surface area contributed by atoms with Crippen molar-refractivity contribution in [2.75, 3.05) is 7.05 Å². The molecule has 0 bridgehead atoms. The molecule has 2 rings (SSSR count). The largest absolute Gasteiger partial charge is 0.338 e. The lowest BCUT2D eigenvalue weighted by Crippen LogP contribution is -2.35. The number of carbonyl (C=O) groups is 1. The standard InChI is InChI=1S/C14H21NOS/c1-11(13-9-6-10-17-13)15(2)14(16)12-7-4-3-5-8-12/h6,9-12H,3-5,7-8H2,1-2H3. The second-order valence-corrected chi connectivity index (χ2v) is 5.95. The minimum absolute atomic E-state index is 0.212. The molecule has 0 saturated heterocycles. The van der Waals surface area contributed by atoms with E-state index in [9.17, 15) is 4.79 Å². The summed E-state index contributed by atoms with van der Waals surface area (Å²) in [6.45, 7) is 2.12. The van der Waals surface area contributed by atoms with E-state index in [1.807, 2.05) is 11.9 Å². The minimum atomic E-state index is 0.212. The van der Waals surface area contributed by atoms with Gasteiger partial charge in [-0.25, -0.2) is 0 Å². The zero-order valence-corrected chi connectivity index (χ0v) is 11.5. The molecule has 2 nitrogen and oxygen atoms in total. The third kappa shape index (κ3) is 2.89. The molecule has 0 N–H and O–H groups in total. The third-order valence-corrected chi connectivity index (χ3v) is 4.88. The lowest BCUT2D eigenvalue weighted by Gasteiger charge is -2.30. The molecular weight excluding hydrogens is 230 g/mol. The molecule has 17 heavy (non-hydrogen) atoms. The first-order valence-electron chi connectivity index (χ1n) is 6.50. The molecule has 1 unspecified atom stereocenters. The van der Waals surface area contributed by atoms with Gasteiger partial charge in [0.1, 0.15) is 0 Å². The fourth-order valence-corrected chi connectivity index (χ4v) is 3.37. The van der Waals surface area contributed by atoms with Gasteiger partial charge in [-0.15, -0.1) is 11.3 Å². The summed E-state index contributed by atoms with van der Waals surface area (Å²) in [5.74, 6) is 0.613. The van der Waals surface area contributed by atoms with Crippen molar-refractivity contribution < 1.29 is 4.79 Å². The number of hydrogen-bond donors (Lipinski definition) is 0. The van der Waals surface area contributed by atoms with Crippen LogP contribution >= 0.6 is 11.3 Å². The number of hydrogen-bond acceptors (Lipinski definition) is 2. The van der Waals surface area contributed by atoms with E-state index in [1.165, 1.54) is 24.1 Å². The summed E-state index contributed by atoms with van der Waals surface area (Å²) in [7, 11) is 1.95. The van der Waals surface area contributed by atoms with E-state index in [0.29, 0.717) is 5.91 Å². The molecule has 3 heteroatoms. The van der Waals surface area contributed by atoms with Crippen LogP contribution in [-0.4, -0.2) is 17.9 Å². The van der Waals surface area contributed by atoms with Crippen LogP contribution in [0.5, 0.6) is 0 Å². The highest BCUT2D eigenvalue weighted by molar-refractivity contribution is 7.10. The average molecular weight is 251 g/mol. The summed E-state index contributed by atoms with van der Waals surface area (Å²) in [5.41, 5.74) is 0. The topological polar surface area (TPSA) is 20.3 Å². The Morgan fingerprint density at radius 1 is 1.41 bits per heavy atom. The van der Waals surface area contributed by atoms with E-state index < -0.39 is 0 Å². The Labute approximate surface area is 108 Å². The van der Waals surface area contributed by atoms with Crippen molar-refractivity contribution in [2.45, 2.75) is 45.1 Å². The SMILES string of the molecule is CC(c1cccs1)N(C)C(=O)C1CCCCC1. The van der Waals surface area contributed by atoms with E-state index in [2.05, 4.69) is 24.4 Å². The quantitative estimate of drug-likeness (QED) is 0.799. The van der Waals surface area contributed by atoms with Crippen LogP contribution in [0.3, 0.4) is 0 Å². The second kappa shape index (κ2) is 5.67. The maximum atomic E-state index is 12.4. The maximum absolute atomic E-state index is 12.4. The first kappa shape index (κ1) is 12.6. The van der Waals surface area contributed by atoms with Crippen molar-refractivity contribution in [3.8, 4) is 0 Å². The van der Waals surface area contributed by atoms with E-state index in [-0.39, 0.29) is 12.0 Å². The molecule has 1 aliphatic carbocycles. The Bertz CT molecular complexity index is 354. The highest BCUT2D eigenvalue weighted by Crippen LogP contribution is 2.29. The molecule has 1 atom stereocenters. The molecule has 0 spiro atoms. The maximum Gasteiger partial charge on any atom is 0.225 e. The van der Waals surface area contributed by atoms with Gasteiger partial charge in [-0.2, -0.15) is 0 Å². The summed E-state index contributed by atoms with van der Waals surface area (Å²) in [5, 5.41) is 2.07. The normalized spacial score (nSPS) is 18.9. The van der Waals surface area contributed by atoms with Crippen LogP contribution in [0.2, 0.25) is 0 Å². The van der Waals surface area contributed by atoms with Gasteiger partial charge in [-0.3, -0.25) is 4.79 Å². The van der Waals surface area contributed by atoms with E-state index in [4.69, 9.17) is 0 Å². The van der Waals surface area contributed by atoms with Gasteiger partial charge < -0.3 is 4.90 Å². The van der Waals surface area contributed by atoms with E-state index >= 15 is 0 Å². The summed E-state index contributed by atoms with van der Waals surface area (Å²) in [6.07, 6.45) is 5.91. The lowest BCUT2D eigenvalue weighted by molar-refractivity contribution is -0.137. The molecular formula is C14H21NOS. The molecule has 0 aromatic carbocycles. The van der Waals surface area contributed by atoms with Crippen LogP contribution in [0.25, 0.3) is 0 Å². The number of rotatable bonds is 3. The second-order valence-electron chi connectivity index (χ2n) is 4.98. The minimum Gasteiger partial charge on any atom is -0.338 e. The van der Waals surface area contributed by atoms with Crippen molar-refractivity contribution in [2.24, 2.45) is 5.92 Å². The van der Waals surface area contributed by atoms with Crippen LogP contribution in [0.4, 0.5) is 0 Å². The van der Waals surface area contributed by atoms with Crippen molar-refractivity contribution in [3.63, 3.8) is 0 Å². The van der Waals surface area contributed by atoms with Gasteiger partial charge >= 0.3 is 0 Å². The first-order chi connectivity index (χ1) is 8.20. The number of nitrogens with zero attached hydrogens (tertiary/aromatic N) is 1. The fraction of sp³-hybridized carbons (Fsp3) is 0.643. The Morgan fingerprint density at radius 3 is 2.71 bits per heavy atom. The smallest absolute Gasteiger partial charge is 0.225 e. The summed E-state index contributed by atoms with van der Waals surface area (Å²) < 4.78 is 0. The van der Waals surface area contributed by atoms with Gasteiger partial charge in [0.2, 0.25) is 5.91 Å². The van der Waals surface area contributed by atoms with Crippen LogP contribution in [0.15, 0.2) is 17.5 Å². The number of amides is 1. The highest BCUT2D eigenvalue weighted by atomic mass is 32.1. The molecule has 1 amide bonds. The average Bonchev–Trinajstić information content (AvgIpc) is 2.91. The first-order valence-corrected chi connectivity index (χ1v) is 7.38. The number of carbonyl (C=O) groups excluding carboxylic acids is 1. The molecule has 1 aromatic rings. The molecule has 1 aliphatic rings. The predicted molar refractivity (Wildman–Crippen MR) is 72.1 cm³/mol. The highest BCUT2D eigenvalue weighted by Gasteiger charge is 2.27. The molecule has 0 radical (unpaired) electrons. The molecule has 94 valence electrons. The fourth-order valence-electron chi connectivity index (χ4n) is 2.55. The van der Waals surface area contributed by atoms with Crippen molar-refractivity contribution in [3.05, 3.63) is 22.4 Å². The zero-order valence-electron chi connectivity index (χ0n) is 10.7. The molecule has 0 aliphatic heterocycles. The van der Waals surface area contributed by atoms with Crippen LogP contribution in [0, 0.1) is 5.92 Å². The van der Waals surface area contributed by atoms with E-state index in [0.717, 1.165) is 12.8 Å². The van der Waals surface area contributed by atoms with Gasteiger partial charge in [0, 0.05) is 17.8 Å². The predicted octanol–water partition coefficient (Wildman–Crippen LogP) is 3.85. The van der Waals surface area contributed by atoms with Gasteiger partial charge in [0.15, 0.2) is 0 Å². The van der Waals surface area contributed by atoms with Crippen LogP contribution in [-0.2, 0) is 4.79 Å². The third-order valence-electron chi connectivity index (χ3n) is 3.84. The Kier molecular flexibility index (Phi) is 4.21. The van der Waals surface area contributed by atoms with Crippen LogP contribution in [0.1, 0.15) is 49.9 Å². The number of thiophene rings is 1. The Morgan fingerprint density at radius 2 is 2.12 bits per heavy atom. The van der Waals surface area contributed by atoms with Gasteiger partial charge in [-0.1, -0.05) is 25.3 Å². The molecule has 1 saturated carbocycles. The van der Waals surface area contributed by atoms with Crippen LogP contribution < -0.4 is 0 Å². The van der Waals surface area contributed by atoms with Gasteiger partial charge in [-0.05, 0) is 31.2 Å². The van der Waals surface area contributed by atoms with E-state index in [1.54, 1.807) is 11.3 Å². The monoisotopic (exact) mass is 251 g/mol. The molecule has 1 heterocycles. The van der Waals surface area contributed by atoms with Gasteiger partial charge in [0.05, 0.1) is 6.04 Å². The van der Waals surface area contributed by atoms with Crippen molar-refractivity contribution in [1.82, 2.24) is 4.90 Å². The molecule has 1 aromatic heterocycles. The lowest BCUT2D eigenvalue weighted by atomic mass is 9.88. The Balaban J connectivity index is 1.98. The van der Waals surface area contributed by atoms with Crippen molar-refractivity contribution >= 4 is 17.2 Å². The summed E-state index contributed by atoms with van der Waals surface area (Å²) >= 11 is 1.73. The zero-order chi connectivity index (χ0) is 12.3. The summed E-state index contributed by atoms with van der Waals surface area (Å²) in [4.78, 5) is 15.6. The van der Waals surface area contributed by atoms with Crippen molar-refractivity contribution in [1.29, 1.82) is 0 Å². The Hall–Kier alpha value is -0.830. The van der Waals surface area contributed by atoms with Gasteiger partial charge in [0.25, 0.3) is 0 Å². The molecule has 1 fully saturated rings. The summed E-state index contributed by atoms with van der Waals surface area (Å²) in [6, 6.07) is 4.37.